The van der Waals surface area contributed by atoms with Gasteiger partial charge in [0.15, 0.2) is 5.11 Å². The smallest absolute Gasteiger partial charge is 0.317 e. The number of anilines is 1. The number of carbonyl (C=O) groups is 3. The normalized spacial score (nSPS) is 22.3. The number of thioether (sulfide) groups is 1. The molecule has 1 aromatic rings. The summed E-state index contributed by atoms with van der Waals surface area (Å²) in [6, 6.07) is 8.71. The van der Waals surface area contributed by atoms with Crippen molar-refractivity contribution in [2.24, 2.45) is 0 Å². The third-order valence-electron chi connectivity index (χ3n) is 11.4. The Bertz CT molecular complexity index is 1420. The quantitative estimate of drug-likeness (QED) is 0.0480. The zero-order valence-electron chi connectivity index (χ0n) is 36.3. The monoisotopic (exact) mass is 880 g/mol. The summed E-state index contributed by atoms with van der Waals surface area (Å²) in [5.41, 5.74) is 2.04. The number of urea groups is 1. The van der Waals surface area contributed by atoms with Gasteiger partial charge in [0.05, 0.1) is 58.3 Å². The minimum absolute atomic E-state index is 0.0297. The Kier molecular flexibility index (Phi) is 23.9. The lowest BCUT2D eigenvalue weighted by atomic mass is 10.0. The van der Waals surface area contributed by atoms with Gasteiger partial charge in [-0.2, -0.15) is 11.8 Å². The van der Waals surface area contributed by atoms with Crippen molar-refractivity contribution >= 4 is 52.7 Å². The molecule has 6 N–H and O–H groups in total. The summed E-state index contributed by atoms with van der Waals surface area (Å²) in [6.45, 7) is 19.7. The number of fused-ring (bicyclic) bond motifs is 1. The van der Waals surface area contributed by atoms with Crippen LogP contribution in [0.5, 0.6) is 0 Å². The first-order valence-electron chi connectivity index (χ1n) is 22.1. The molecule has 0 aliphatic carbocycles. The van der Waals surface area contributed by atoms with E-state index in [4.69, 9.17) is 26.4 Å². The molecule has 3 amide bonds. The number of ether oxygens (including phenoxy) is 3. The van der Waals surface area contributed by atoms with Gasteiger partial charge < -0.3 is 60.6 Å². The fourth-order valence-electron chi connectivity index (χ4n) is 7.82. The average molecular weight is 880 g/mol. The topological polar surface area (TPSA) is 172 Å². The van der Waals surface area contributed by atoms with Gasteiger partial charge in [-0.05, 0) is 68.8 Å². The van der Waals surface area contributed by atoms with Crippen LogP contribution in [0, 0.1) is 0 Å². The first kappa shape index (κ1) is 49.8. The van der Waals surface area contributed by atoms with E-state index in [0.717, 1.165) is 108 Å². The number of unbranched alkanes of at least 4 members (excludes halogenated alkanes) is 1. The summed E-state index contributed by atoms with van der Waals surface area (Å²) in [6.07, 6.45) is 4.07. The van der Waals surface area contributed by atoms with Crippen molar-refractivity contribution in [1.29, 1.82) is 0 Å². The summed E-state index contributed by atoms with van der Waals surface area (Å²) >= 11 is 7.41. The maximum atomic E-state index is 12.1. The highest BCUT2D eigenvalue weighted by molar-refractivity contribution is 8.00. The Hall–Kier alpha value is -2.81. The van der Waals surface area contributed by atoms with E-state index in [1.54, 1.807) is 0 Å². The summed E-state index contributed by atoms with van der Waals surface area (Å²) in [7, 11) is 0. The van der Waals surface area contributed by atoms with Crippen LogP contribution in [-0.4, -0.2) is 202 Å². The van der Waals surface area contributed by atoms with Crippen LogP contribution >= 0.6 is 24.0 Å². The van der Waals surface area contributed by atoms with Crippen LogP contribution in [0.4, 0.5) is 10.5 Å². The molecule has 0 aromatic heterocycles. The molecule has 1 aromatic carbocycles. The van der Waals surface area contributed by atoms with Gasteiger partial charge in [-0.15, -0.1) is 0 Å². The summed E-state index contributed by atoms with van der Waals surface area (Å²) in [4.78, 5) is 45.3. The zero-order chi connectivity index (χ0) is 43.0. The van der Waals surface area contributed by atoms with Crippen LogP contribution in [0.15, 0.2) is 24.3 Å². The van der Waals surface area contributed by atoms with Gasteiger partial charge in [0.1, 0.15) is 0 Å². The summed E-state index contributed by atoms with van der Waals surface area (Å²) in [5, 5.41) is 26.1. The number of hydrogen-bond acceptors (Lipinski definition) is 12. The number of nitrogens with one attached hydrogen (secondary N) is 5. The van der Waals surface area contributed by atoms with Crippen LogP contribution in [-0.2, 0) is 30.2 Å². The minimum Gasteiger partial charge on any atom is -0.480 e. The number of benzene rings is 1. The second-order valence-corrected chi connectivity index (χ2v) is 17.3. The molecule has 4 atom stereocenters. The number of aliphatic carboxylic acids is 1. The van der Waals surface area contributed by atoms with E-state index < -0.39 is 5.97 Å². The highest BCUT2D eigenvalue weighted by Gasteiger charge is 2.42. The van der Waals surface area contributed by atoms with Gasteiger partial charge in [-0.1, -0.05) is 39.3 Å². The van der Waals surface area contributed by atoms with E-state index in [9.17, 15) is 19.5 Å². The molecule has 4 unspecified atom stereocenters. The molecule has 18 heteroatoms. The number of carboxylic acids is 1. The second-order valence-electron chi connectivity index (χ2n) is 15.6. The maximum Gasteiger partial charge on any atom is 0.317 e. The predicted octanol–water partition coefficient (Wildman–Crippen LogP) is 2.14. The van der Waals surface area contributed by atoms with Gasteiger partial charge in [0, 0.05) is 88.1 Å². The molecule has 0 radical (unpaired) electrons. The molecule has 4 rings (SSSR count). The molecular weight excluding hydrogens is 807 g/mol. The Morgan fingerprint density at radius 3 is 2.05 bits per heavy atom. The number of likely N-dealkylation sites (N-methyl/N-ethyl adjacent to an activating group) is 3. The number of rotatable bonds is 25. The second kappa shape index (κ2) is 28.7. The Morgan fingerprint density at radius 2 is 1.42 bits per heavy atom. The maximum absolute atomic E-state index is 12.1. The molecule has 3 aliphatic heterocycles. The van der Waals surface area contributed by atoms with E-state index in [2.05, 4.69) is 79.1 Å². The van der Waals surface area contributed by atoms with Crippen LogP contribution in [0.25, 0.3) is 0 Å². The van der Waals surface area contributed by atoms with Gasteiger partial charge in [-0.3, -0.25) is 14.5 Å². The van der Waals surface area contributed by atoms with Crippen LogP contribution < -0.4 is 26.6 Å². The molecule has 3 saturated heterocycles. The van der Waals surface area contributed by atoms with Crippen molar-refractivity contribution in [1.82, 2.24) is 40.9 Å². The van der Waals surface area contributed by atoms with E-state index in [-0.39, 0.29) is 36.6 Å². The molecule has 0 spiro atoms. The average Bonchev–Trinajstić information content (AvgIpc) is 3.79. The molecule has 3 heterocycles. The number of thiocarbonyl (C=S) groups is 1. The molecule has 3 fully saturated rings. The van der Waals surface area contributed by atoms with Crippen molar-refractivity contribution in [2.75, 3.05) is 136 Å². The lowest BCUT2D eigenvalue weighted by molar-refractivity contribution is -0.139. The van der Waals surface area contributed by atoms with Gasteiger partial charge in [0.2, 0.25) is 5.91 Å². The SMILES string of the molecule is CCN1CCN(CC)CCN(CC(=O)O)C(Cc2ccc(NC(=S)NCCOCCOCCOCCNC(=O)CCCCC3SCC4NC(=O)NC43)cc2)CN(CC)CC1. The lowest BCUT2D eigenvalue weighted by Gasteiger charge is -2.38. The van der Waals surface area contributed by atoms with E-state index in [1.165, 1.54) is 0 Å². The molecule has 0 bridgehead atoms. The highest BCUT2D eigenvalue weighted by atomic mass is 32.2. The van der Waals surface area contributed by atoms with Crippen LogP contribution in [0.3, 0.4) is 0 Å². The Labute approximate surface area is 367 Å². The number of carbonyl (C=O) groups excluding carboxylic acids is 2. The number of hydrogen-bond donors (Lipinski definition) is 6. The van der Waals surface area contributed by atoms with Crippen molar-refractivity contribution < 1.29 is 33.7 Å². The van der Waals surface area contributed by atoms with Crippen molar-refractivity contribution in [3.05, 3.63) is 29.8 Å². The van der Waals surface area contributed by atoms with Gasteiger partial charge in [-0.25, -0.2) is 4.79 Å². The summed E-state index contributed by atoms with van der Waals surface area (Å²) < 4.78 is 16.8. The van der Waals surface area contributed by atoms with E-state index in [0.29, 0.717) is 69.5 Å². The Balaban J connectivity index is 1.02. The lowest BCUT2D eigenvalue weighted by Crippen LogP contribution is -2.52. The molecular formula is C42H73N9O7S2. The fourth-order valence-corrected chi connectivity index (χ4v) is 9.58. The van der Waals surface area contributed by atoms with Crippen molar-refractivity contribution in [3.63, 3.8) is 0 Å². The molecule has 16 nitrogen and oxygen atoms in total. The first-order chi connectivity index (χ1) is 29.2. The van der Waals surface area contributed by atoms with Crippen molar-refractivity contribution in [3.8, 4) is 0 Å². The molecule has 340 valence electrons. The number of carboxylic acid groups (broad SMARTS) is 1. The predicted molar refractivity (Wildman–Crippen MR) is 243 cm³/mol. The minimum atomic E-state index is -0.788. The summed E-state index contributed by atoms with van der Waals surface area (Å²) in [5.74, 6) is 0.205. The van der Waals surface area contributed by atoms with Gasteiger partial charge >= 0.3 is 12.0 Å². The first-order valence-corrected chi connectivity index (χ1v) is 23.6. The van der Waals surface area contributed by atoms with Crippen LogP contribution in [0.2, 0.25) is 0 Å². The Morgan fingerprint density at radius 1 is 0.817 bits per heavy atom. The van der Waals surface area contributed by atoms with E-state index in [1.807, 2.05) is 23.9 Å². The van der Waals surface area contributed by atoms with Crippen molar-refractivity contribution in [2.45, 2.75) is 76.3 Å². The largest absolute Gasteiger partial charge is 0.480 e. The molecule has 60 heavy (non-hydrogen) atoms. The third-order valence-corrected chi connectivity index (χ3v) is 13.2. The number of nitrogens with zero attached hydrogens (tertiary/aromatic N) is 4. The standard InChI is InChI=1S/C42H73N9O7S2/c1-4-48-17-18-49(5-2)21-22-51(31-39(53)54)35(30-50(6-3)20-19-48)29-33-11-13-34(14-12-33)45-42(59)44-16-24-57-26-28-58-27-25-56-23-15-43-38(52)10-8-7-9-37-40-36(32-60-37)46-41(55)47-40/h11-14,35-37,40H,4-10,15-32H2,1-3H3,(H,43,52)(H,53,54)(H2,44,45,59)(H2,46,47,55). The van der Waals surface area contributed by atoms with Crippen LogP contribution in [0.1, 0.15) is 52.0 Å². The van der Waals surface area contributed by atoms with Gasteiger partial charge in [0.25, 0.3) is 0 Å². The highest BCUT2D eigenvalue weighted by Crippen LogP contribution is 2.33. The molecule has 3 aliphatic rings. The third kappa shape index (κ3) is 19.1. The zero-order valence-corrected chi connectivity index (χ0v) is 37.9. The van der Waals surface area contributed by atoms with E-state index >= 15 is 0 Å². The fraction of sp³-hybridized carbons (Fsp3) is 0.762. The molecule has 0 saturated carbocycles. The number of amides is 3.